The highest BCUT2D eigenvalue weighted by atomic mass is 35.5. The van der Waals surface area contributed by atoms with Crippen molar-refractivity contribution in [3.63, 3.8) is 0 Å². The Hall–Kier alpha value is -2.62. The highest BCUT2D eigenvalue weighted by Crippen LogP contribution is 2.21. The molecule has 1 heterocycles. The lowest BCUT2D eigenvalue weighted by Crippen LogP contribution is -2.36. The van der Waals surface area contributed by atoms with E-state index >= 15 is 0 Å². The third-order valence-corrected chi connectivity index (χ3v) is 4.81. The van der Waals surface area contributed by atoms with Crippen LogP contribution in [-0.4, -0.2) is 43.5 Å². The van der Waals surface area contributed by atoms with E-state index in [9.17, 15) is 14.4 Å². The quantitative estimate of drug-likeness (QED) is 0.873. The third-order valence-electron chi connectivity index (χ3n) is 4.52. The number of nitriles is 1. The molecule has 0 aromatic heterocycles. The molecule has 0 saturated carbocycles. The average Bonchev–Trinajstić information content (AvgIpc) is 2.90. The van der Waals surface area contributed by atoms with Crippen LogP contribution in [0.25, 0.3) is 0 Å². The number of carbonyl (C=O) groups is 1. The first-order valence-corrected chi connectivity index (χ1v) is 9.16. The fraction of sp³-hybridized carbons (Fsp3) is 0.300. The van der Waals surface area contributed by atoms with Crippen LogP contribution in [0.15, 0.2) is 42.5 Å². The molecule has 3 rings (SSSR count). The lowest BCUT2D eigenvalue weighted by atomic mass is 10.1. The van der Waals surface area contributed by atoms with Crippen LogP contribution >= 0.6 is 11.6 Å². The summed E-state index contributed by atoms with van der Waals surface area (Å²) in [5.41, 5.74) is 2.08. The molecule has 1 amide bonds. The monoisotopic (exact) mass is 386 g/mol. The zero-order chi connectivity index (χ0) is 19.2. The second-order valence-corrected chi connectivity index (χ2v) is 6.83. The summed E-state index contributed by atoms with van der Waals surface area (Å²) in [6.45, 7) is 3.35. The Kier molecular flexibility index (Phi) is 6.28. The predicted molar refractivity (Wildman–Crippen MR) is 104 cm³/mol. The van der Waals surface area contributed by atoms with Gasteiger partial charge in [-0.1, -0.05) is 23.7 Å². The van der Waals surface area contributed by atoms with Crippen molar-refractivity contribution in [3.8, 4) is 6.07 Å². The Balaban J connectivity index is 1.57. The van der Waals surface area contributed by atoms with Crippen molar-refractivity contribution in [2.45, 2.75) is 6.42 Å². The van der Waals surface area contributed by atoms with Gasteiger partial charge < -0.3 is 10.2 Å². The van der Waals surface area contributed by atoms with Gasteiger partial charge in [0.25, 0.3) is 0 Å². The van der Waals surface area contributed by atoms with Gasteiger partial charge >= 0.3 is 0 Å². The van der Waals surface area contributed by atoms with E-state index in [1.807, 2.05) is 24.3 Å². The molecule has 27 heavy (non-hydrogen) atoms. The number of anilines is 2. The topological polar surface area (TPSA) is 59.4 Å². The fourth-order valence-corrected chi connectivity index (χ4v) is 3.37. The minimum atomic E-state index is -0.514. The number of nitrogens with zero attached hydrogens (tertiary/aromatic N) is 3. The number of halogens is 2. The Morgan fingerprint density at radius 2 is 2.00 bits per heavy atom. The van der Waals surface area contributed by atoms with Crippen molar-refractivity contribution >= 4 is 28.9 Å². The van der Waals surface area contributed by atoms with Crippen LogP contribution in [0.5, 0.6) is 0 Å². The van der Waals surface area contributed by atoms with Crippen LogP contribution in [0, 0.1) is 17.1 Å². The zero-order valence-electron chi connectivity index (χ0n) is 14.8. The number of carbonyl (C=O) groups excluding carboxylic acids is 1. The largest absolute Gasteiger partial charge is 0.369 e. The third kappa shape index (κ3) is 4.97. The average molecular weight is 387 g/mol. The normalized spacial score (nSPS) is 15.1. The number of nitrogens with one attached hydrogen (secondary N) is 1. The van der Waals surface area contributed by atoms with Gasteiger partial charge in [-0.05, 0) is 36.8 Å². The number of rotatable bonds is 4. The standard InChI is InChI=1S/C20H20ClFN4O/c21-17-12-16(6-7-18(17)22)24-20(27)14-25-8-3-9-26(11-10-25)19-5-2-1-4-15(19)13-23/h1-2,4-7,12H,3,8-11,14H2,(H,24,27). The van der Waals surface area contributed by atoms with Gasteiger partial charge in [0.05, 0.1) is 22.8 Å². The Bertz CT molecular complexity index is 867. The number of hydrogen-bond acceptors (Lipinski definition) is 4. The van der Waals surface area contributed by atoms with E-state index in [1.54, 1.807) is 0 Å². The van der Waals surface area contributed by atoms with Crippen molar-refractivity contribution in [1.82, 2.24) is 4.90 Å². The van der Waals surface area contributed by atoms with Crippen molar-refractivity contribution < 1.29 is 9.18 Å². The first-order valence-electron chi connectivity index (χ1n) is 8.78. The summed E-state index contributed by atoms with van der Waals surface area (Å²) in [5.74, 6) is -0.677. The van der Waals surface area contributed by atoms with E-state index in [1.165, 1.54) is 18.2 Å². The van der Waals surface area contributed by atoms with E-state index in [0.29, 0.717) is 11.3 Å². The molecule has 7 heteroatoms. The van der Waals surface area contributed by atoms with Gasteiger partial charge in [-0.15, -0.1) is 0 Å². The SMILES string of the molecule is N#Cc1ccccc1N1CCCN(CC(=O)Nc2ccc(F)c(Cl)c2)CC1. The highest BCUT2D eigenvalue weighted by molar-refractivity contribution is 6.31. The van der Waals surface area contributed by atoms with Crippen LogP contribution in [0.2, 0.25) is 5.02 Å². The lowest BCUT2D eigenvalue weighted by molar-refractivity contribution is -0.117. The Labute approximate surface area is 162 Å². The summed E-state index contributed by atoms with van der Waals surface area (Å²) < 4.78 is 13.2. The zero-order valence-corrected chi connectivity index (χ0v) is 15.5. The molecule has 0 spiro atoms. The summed E-state index contributed by atoms with van der Waals surface area (Å²) in [7, 11) is 0. The molecule has 140 valence electrons. The maximum atomic E-state index is 13.2. The molecule has 5 nitrogen and oxygen atoms in total. The molecule has 1 N–H and O–H groups in total. The van der Waals surface area contributed by atoms with E-state index in [2.05, 4.69) is 21.2 Å². The summed E-state index contributed by atoms with van der Waals surface area (Å²) in [5, 5.41) is 12.0. The van der Waals surface area contributed by atoms with Gasteiger partial charge in [0, 0.05) is 31.9 Å². The number of hydrogen-bond donors (Lipinski definition) is 1. The van der Waals surface area contributed by atoms with Crippen molar-refractivity contribution in [2.75, 3.05) is 42.9 Å². The van der Waals surface area contributed by atoms with Crippen molar-refractivity contribution in [1.29, 1.82) is 5.26 Å². The number of para-hydroxylation sites is 1. The van der Waals surface area contributed by atoms with Gasteiger partial charge in [0.2, 0.25) is 5.91 Å². The molecule has 2 aromatic carbocycles. The summed E-state index contributed by atoms with van der Waals surface area (Å²) >= 11 is 5.74. The summed E-state index contributed by atoms with van der Waals surface area (Å²) in [6, 6.07) is 13.9. The van der Waals surface area contributed by atoms with E-state index in [-0.39, 0.29) is 17.5 Å². The van der Waals surface area contributed by atoms with Gasteiger partial charge in [0.1, 0.15) is 11.9 Å². The minimum Gasteiger partial charge on any atom is -0.369 e. The molecule has 1 saturated heterocycles. The maximum absolute atomic E-state index is 13.2. The Morgan fingerprint density at radius 3 is 2.78 bits per heavy atom. The van der Waals surface area contributed by atoms with Gasteiger partial charge in [0.15, 0.2) is 0 Å². The van der Waals surface area contributed by atoms with Crippen LogP contribution in [-0.2, 0) is 4.79 Å². The molecule has 0 bridgehead atoms. The smallest absolute Gasteiger partial charge is 0.238 e. The molecule has 0 unspecified atom stereocenters. The first-order chi connectivity index (χ1) is 13.1. The second kappa shape index (κ2) is 8.85. The van der Waals surface area contributed by atoms with Crippen LogP contribution in [0.4, 0.5) is 15.8 Å². The van der Waals surface area contributed by atoms with Gasteiger partial charge in [-0.2, -0.15) is 5.26 Å². The summed E-state index contributed by atoms with van der Waals surface area (Å²) in [6.07, 6.45) is 0.898. The van der Waals surface area contributed by atoms with Gasteiger partial charge in [-0.25, -0.2) is 4.39 Å². The molecule has 0 radical (unpaired) electrons. The maximum Gasteiger partial charge on any atom is 0.238 e. The molecular weight excluding hydrogens is 367 g/mol. The highest BCUT2D eigenvalue weighted by Gasteiger charge is 2.19. The van der Waals surface area contributed by atoms with E-state index in [0.717, 1.165) is 38.3 Å². The molecule has 0 aliphatic carbocycles. The Morgan fingerprint density at radius 1 is 1.19 bits per heavy atom. The second-order valence-electron chi connectivity index (χ2n) is 6.42. The molecule has 1 aliphatic rings. The molecule has 0 atom stereocenters. The van der Waals surface area contributed by atoms with Crippen LogP contribution in [0.3, 0.4) is 0 Å². The number of benzene rings is 2. The summed E-state index contributed by atoms with van der Waals surface area (Å²) in [4.78, 5) is 16.6. The van der Waals surface area contributed by atoms with Crippen molar-refractivity contribution in [2.24, 2.45) is 0 Å². The lowest BCUT2D eigenvalue weighted by Gasteiger charge is -2.24. The molecule has 2 aromatic rings. The predicted octanol–water partition coefficient (Wildman–Crippen LogP) is 3.50. The molecule has 1 aliphatic heterocycles. The van der Waals surface area contributed by atoms with Crippen LogP contribution in [0.1, 0.15) is 12.0 Å². The van der Waals surface area contributed by atoms with Crippen LogP contribution < -0.4 is 10.2 Å². The van der Waals surface area contributed by atoms with E-state index in [4.69, 9.17) is 11.6 Å². The molecular formula is C20H20ClFN4O. The van der Waals surface area contributed by atoms with Crippen molar-refractivity contribution in [3.05, 3.63) is 58.9 Å². The minimum absolute atomic E-state index is 0.0191. The van der Waals surface area contributed by atoms with E-state index < -0.39 is 5.82 Å². The first kappa shape index (κ1) is 19.2. The van der Waals surface area contributed by atoms with Gasteiger partial charge in [-0.3, -0.25) is 9.69 Å². The number of amides is 1. The fourth-order valence-electron chi connectivity index (χ4n) is 3.19. The molecule has 1 fully saturated rings.